The van der Waals surface area contributed by atoms with Crippen LogP contribution >= 0.6 is 0 Å². The molecule has 0 spiro atoms. The summed E-state index contributed by atoms with van der Waals surface area (Å²) in [5.41, 5.74) is 2.23. The SMILES string of the molecule is COc1cc(C(=O)Nc2cccc(C(=O)Nc3cccc(F)c3)c2)cc(OC)c1C. The number of methoxy groups -OCH3 is 2. The largest absolute Gasteiger partial charge is 0.496 e. The highest BCUT2D eigenvalue weighted by atomic mass is 19.1. The van der Waals surface area contributed by atoms with Crippen LogP contribution in [-0.4, -0.2) is 26.0 Å². The highest BCUT2D eigenvalue weighted by Gasteiger charge is 2.15. The molecular weight excluding hydrogens is 387 g/mol. The molecule has 0 saturated carbocycles. The van der Waals surface area contributed by atoms with E-state index < -0.39 is 11.7 Å². The fourth-order valence-electron chi connectivity index (χ4n) is 2.93. The summed E-state index contributed by atoms with van der Waals surface area (Å²) in [6.45, 7) is 1.83. The summed E-state index contributed by atoms with van der Waals surface area (Å²) in [6, 6.07) is 15.3. The molecule has 7 heteroatoms. The highest BCUT2D eigenvalue weighted by Crippen LogP contribution is 2.30. The lowest BCUT2D eigenvalue weighted by molar-refractivity contribution is 0.101. The maximum atomic E-state index is 13.3. The topological polar surface area (TPSA) is 76.7 Å². The summed E-state index contributed by atoms with van der Waals surface area (Å²) in [6.07, 6.45) is 0. The average molecular weight is 408 g/mol. The van der Waals surface area contributed by atoms with Crippen LogP contribution in [0.4, 0.5) is 15.8 Å². The van der Waals surface area contributed by atoms with Crippen molar-refractivity contribution in [3.05, 3.63) is 83.2 Å². The number of ether oxygens (including phenoxy) is 2. The summed E-state index contributed by atoms with van der Waals surface area (Å²) >= 11 is 0. The molecule has 3 rings (SSSR count). The molecule has 30 heavy (non-hydrogen) atoms. The van der Waals surface area contributed by atoms with E-state index in [1.807, 2.05) is 6.92 Å². The van der Waals surface area contributed by atoms with E-state index in [0.717, 1.165) is 5.56 Å². The standard InChI is InChI=1S/C23H21FN2O4/c1-14-20(29-2)11-16(12-21(14)30-3)23(28)25-18-8-4-6-15(10-18)22(27)26-19-9-5-7-17(24)13-19/h4-13H,1-3H3,(H,25,28)(H,26,27). The summed E-state index contributed by atoms with van der Waals surface area (Å²) in [5, 5.41) is 5.38. The minimum absolute atomic E-state index is 0.316. The number of nitrogens with one attached hydrogen (secondary N) is 2. The van der Waals surface area contributed by atoms with Crippen LogP contribution < -0.4 is 20.1 Å². The Hall–Kier alpha value is -3.87. The Balaban J connectivity index is 1.78. The average Bonchev–Trinajstić information content (AvgIpc) is 2.74. The van der Waals surface area contributed by atoms with E-state index in [9.17, 15) is 14.0 Å². The van der Waals surface area contributed by atoms with Gasteiger partial charge < -0.3 is 20.1 Å². The molecule has 0 radical (unpaired) electrons. The van der Waals surface area contributed by atoms with Crippen molar-refractivity contribution in [3.8, 4) is 11.5 Å². The van der Waals surface area contributed by atoms with Gasteiger partial charge in [-0.3, -0.25) is 9.59 Å². The van der Waals surface area contributed by atoms with Crippen molar-refractivity contribution in [3.63, 3.8) is 0 Å². The molecule has 2 N–H and O–H groups in total. The first kappa shape index (κ1) is 20.9. The monoisotopic (exact) mass is 408 g/mol. The molecule has 0 aliphatic rings. The van der Waals surface area contributed by atoms with E-state index in [4.69, 9.17) is 9.47 Å². The van der Waals surface area contributed by atoms with E-state index in [1.54, 1.807) is 36.4 Å². The summed E-state index contributed by atoms with van der Waals surface area (Å²) < 4.78 is 23.9. The first-order valence-corrected chi connectivity index (χ1v) is 9.12. The van der Waals surface area contributed by atoms with Crippen molar-refractivity contribution < 1.29 is 23.5 Å². The second-order valence-corrected chi connectivity index (χ2v) is 6.51. The second-order valence-electron chi connectivity index (χ2n) is 6.51. The molecule has 0 aromatic heterocycles. The van der Waals surface area contributed by atoms with E-state index in [-0.39, 0.29) is 5.91 Å². The first-order chi connectivity index (χ1) is 14.4. The van der Waals surface area contributed by atoms with Crippen LogP contribution in [0.15, 0.2) is 60.7 Å². The van der Waals surface area contributed by atoms with Crippen LogP contribution in [0.1, 0.15) is 26.3 Å². The Kier molecular flexibility index (Phi) is 6.32. The zero-order valence-corrected chi connectivity index (χ0v) is 16.8. The van der Waals surface area contributed by atoms with Gasteiger partial charge >= 0.3 is 0 Å². The molecule has 3 aromatic carbocycles. The van der Waals surface area contributed by atoms with Gasteiger partial charge in [0.2, 0.25) is 0 Å². The number of carbonyl (C=O) groups is 2. The van der Waals surface area contributed by atoms with E-state index in [2.05, 4.69) is 10.6 Å². The van der Waals surface area contributed by atoms with Crippen LogP contribution in [0.25, 0.3) is 0 Å². The van der Waals surface area contributed by atoms with E-state index in [0.29, 0.717) is 34.0 Å². The number of anilines is 2. The number of carbonyl (C=O) groups excluding carboxylic acids is 2. The number of hydrogen-bond donors (Lipinski definition) is 2. The summed E-state index contributed by atoms with van der Waals surface area (Å²) in [7, 11) is 3.04. The number of rotatable bonds is 6. The number of hydrogen-bond acceptors (Lipinski definition) is 4. The lowest BCUT2D eigenvalue weighted by Gasteiger charge is -2.13. The molecule has 0 aliphatic carbocycles. The molecule has 0 saturated heterocycles. The highest BCUT2D eigenvalue weighted by molar-refractivity contribution is 6.07. The molecule has 0 heterocycles. The van der Waals surface area contributed by atoms with Gasteiger partial charge in [-0.25, -0.2) is 4.39 Å². The Morgan fingerprint density at radius 1 is 0.767 bits per heavy atom. The molecule has 0 bridgehead atoms. The maximum Gasteiger partial charge on any atom is 0.255 e. The minimum atomic E-state index is -0.447. The zero-order chi connectivity index (χ0) is 21.7. The lowest BCUT2D eigenvalue weighted by atomic mass is 10.1. The van der Waals surface area contributed by atoms with Crippen molar-refractivity contribution in [2.45, 2.75) is 6.92 Å². The summed E-state index contributed by atoms with van der Waals surface area (Å²) in [5.74, 6) is -0.187. The van der Waals surface area contributed by atoms with Crippen molar-refractivity contribution in [2.24, 2.45) is 0 Å². The van der Waals surface area contributed by atoms with Gasteiger partial charge in [0.1, 0.15) is 17.3 Å². The Morgan fingerprint density at radius 3 is 1.87 bits per heavy atom. The molecular formula is C23H21FN2O4. The van der Waals surface area contributed by atoms with Crippen LogP contribution in [0.3, 0.4) is 0 Å². The number of halogens is 1. The molecule has 0 aliphatic heterocycles. The predicted molar refractivity (Wildman–Crippen MR) is 113 cm³/mol. The third kappa shape index (κ3) is 4.75. The van der Waals surface area contributed by atoms with Gasteiger partial charge in [0, 0.05) is 28.1 Å². The van der Waals surface area contributed by atoms with Crippen LogP contribution in [0, 0.1) is 12.7 Å². The first-order valence-electron chi connectivity index (χ1n) is 9.12. The van der Waals surface area contributed by atoms with Gasteiger partial charge in [0.05, 0.1) is 14.2 Å². The van der Waals surface area contributed by atoms with E-state index in [1.165, 1.54) is 38.5 Å². The van der Waals surface area contributed by atoms with Crippen LogP contribution in [0.2, 0.25) is 0 Å². The van der Waals surface area contributed by atoms with Gasteiger partial charge in [-0.15, -0.1) is 0 Å². The minimum Gasteiger partial charge on any atom is -0.496 e. The van der Waals surface area contributed by atoms with Gasteiger partial charge in [-0.05, 0) is 55.5 Å². The van der Waals surface area contributed by atoms with Gasteiger partial charge in [-0.2, -0.15) is 0 Å². The van der Waals surface area contributed by atoms with Crippen LogP contribution in [0.5, 0.6) is 11.5 Å². The molecule has 2 amide bonds. The van der Waals surface area contributed by atoms with Crippen molar-refractivity contribution >= 4 is 23.2 Å². The van der Waals surface area contributed by atoms with Crippen molar-refractivity contribution in [1.29, 1.82) is 0 Å². The van der Waals surface area contributed by atoms with Gasteiger partial charge in [-0.1, -0.05) is 12.1 Å². The lowest BCUT2D eigenvalue weighted by Crippen LogP contribution is -2.15. The third-order valence-electron chi connectivity index (χ3n) is 4.48. The molecule has 6 nitrogen and oxygen atoms in total. The number of benzene rings is 3. The zero-order valence-electron chi connectivity index (χ0n) is 16.8. The van der Waals surface area contributed by atoms with Crippen LogP contribution in [-0.2, 0) is 0 Å². The number of amides is 2. The smallest absolute Gasteiger partial charge is 0.255 e. The quantitative estimate of drug-likeness (QED) is 0.622. The summed E-state index contributed by atoms with van der Waals surface area (Å²) in [4.78, 5) is 25.2. The van der Waals surface area contributed by atoms with E-state index >= 15 is 0 Å². The molecule has 0 fully saturated rings. The Morgan fingerprint density at radius 2 is 1.30 bits per heavy atom. The molecule has 0 unspecified atom stereocenters. The Bertz CT molecular complexity index is 1070. The maximum absolute atomic E-state index is 13.3. The normalized spacial score (nSPS) is 10.3. The second kappa shape index (κ2) is 9.09. The molecule has 3 aromatic rings. The molecule has 154 valence electrons. The van der Waals surface area contributed by atoms with Crippen molar-refractivity contribution in [2.75, 3.05) is 24.9 Å². The van der Waals surface area contributed by atoms with Gasteiger partial charge in [0.25, 0.3) is 11.8 Å². The third-order valence-corrected chi connectivity index (χ3v) is 4.48. The Labute approximate surface area is 173 Å². The van der Waals surface area contributed by atoms with Crippen molar-refractivity contribution in [1.82, 2.24) is 0 Å². The fraction of sp³-hybridized carbons (Fsp3) is 0.130. The fourth-order valence-corrected chi connectivity index (χ4v) is 2.93. The molecule has 0 atom stereocenters. The predicted octanol–water partition coefficient (Wildman–Crippen LogP) is 4.66. The van der Waals surface area contributed by atoms with Gasteiger partial charge in [0.15, 0.2) is 0 Å².